The fourth-order valence-corrected chi connectivity index (χ4v) is 6.43. The molecule has 0 aliphatic rings. The first-order valence-corrected chi connectivity index (χ1v) is 22.2. The fourth-order valence-electron chi connectivity index (χ4n) is 6.11. The normalized spacial score (nSPS) is 10.3. The molecule has 7 heterocycles. The highest BCUT2D eigenvalue weighted by Gasteiger charge is 2.14. The number of amidine groups is 1. The van der Waals surface area contributed by atoms with Gasteiger partial charge in [-0.1, -0.05) is 64.1 Å². The van der Waals surface area contributed by atoms with Crippen LogP contribution in [0.3, 0.4) is 0 Å². The molecule has 0 radical (unpaired) electrons. The number of thioether (sulfide) groups is 1. The lowest BCUT2D eigenvalue weighted by Crippen LogP contribution is -2.28. The lowest BCUT2D eigenvalue weighted by Gasteiger charge is -2.07. The Labute approximate surface area is 395 Å². The number of benzene rings is 3. The number of fused-ring (bicyclic) bond motifs is 5. The van der Waals surface area contributed by atoms with E-state index in [-0.39, 0.29) is 34.2 Å². The van der Waals surface area contributed by atoms with Crippen molar-refractivity contribution in [1.82, 2.24) is 38.9 Å². The smallest absolute Gasteiger partial charge is 0.379 e. The Balaban J connectivity index is 0.000000150. The third-order valence-corrected chi connectivity index (χ3v) is 10.3. The fraction of sp³-hybridized carbons (Fsp3) is 0.0638. The number of rotatable bonds is 6. The van der Waals surface area contributed by atoms with Crippen molar-refractivity contribution < 1.29 is 18.4 Å². The number of carbonyl (C=O) groups is 2. The number of hydrogen-bond donors (Lipinski definition) is 4. The van der Waals surface area contributed by atoms with Crippen LogP contribution in [-0.2, 0) is 6.54 Å². The molecule has 0 aliphatic heterocycles. The van der Waals surface area contributed by atoms with Gasteiger partial charge in [-0.2, -0.15) is 0 Å². The molecule has 342 valence electrons. The lowest BCUT2D eigenvalue weighted by molar-refractivity contribution is 0.0967. The second kappa shape index (κ2) is 23.5. The van der Waals surface area contributed by atoms with Gasteiger partial charge in [-0.25, -0.2) is 24.2 Å². The zero-order valence-corrected chi connectivity index (χ0v) is 38.0. The minimum atomic E-state index is -0.846. The Morgan fingerprint density at radius 1 is 0.676 bits per heavy atom. The Bertz CT molecular complexity index is 3670. The number of alkyl halides is 1. The molecule has 21 heteroatoms. The third-order valence-electron chi connectivity index (χ3n) is 9.35. The maximum absolute atomic E-state index is 12.2. The summed E-state index contributed by atoms with van der Waals surface area (Å²) in [4.78, 5) is 102. The van der Waals surface area contributed by atoms with Crippen molar-refractivity contribution in [1.29, 1.82) is 5.41 Å². The van der Waals surface area contributed by atoms with Gasteiger partial charge in [0.25, 0.3) is 5.56 Å². The van der Waals surface area contributed by atoms with Gasteiger partial charge >= 0.3 is 22.8 Å². The second-order valence-corrected chi connectivity index (χ2v) is 15.1. The van der Waals surface area contributed by atoms with Crippen LogP contribution in [0.2, 0.25) is 0 Å². The number of Topliss-reactive ketones (excluding diaryl/α,β-unsaturated/α-hetero) is 2. The van der Waals surface area contributed by atoms with E-state index in [2.05, 4.69) is 54.7 Å². The summed E-state index contributed by atoms with van der Waals surface area (Å²) < 4.78 is 12.0. The van der Waals surface area contributed by atoms with E-state index in [0.29, 0.717) is 44.0 Å². The van der Waals surface area contributed by atoms with Gasteiger partial charge in [0.1, 0.15) is 0 Å². The van der Waals surface area contributed by atoms with E-state index in [4.69, 9.17) is 11.1 Å². The summed E-state index contributed by atoms with van der Waals surface area (Å²) in [7, 11) is 0. The first kappa shape index (κ1) is 48.8. The van der Waals surface area contributed by atoms with E-state index in [1.807, 2.05) is 40.9 Å². The molecule has 0 atom stereocenters. The van der Waals surface area contributed by atoms with Crippen LogP contribution in [0.4, 0.5) is 0 Å². The number of nitrogens with zero attached hydrogens (tertiary/aromatic N) is 6. The highest BCUT2D eigenvalue weighted by molar-refractivity contribution is 9.09. The predicted octanol–water partition coefficient (Wildman–Crippen LogP) is 5.85. The van der Waals surface area contributed by atoms with Crippen molar-refractivity contribution in [2.75, 3.05) is 11.6 Å². The summed E-state index contributed by atoms with van der Waals surface area (Å²) in [6.45, 7) is -0.201. The van der Waals surface area contributed by atoms with Gasteiger partial charge in [-0.05, 0) is 79.1 Å². The van der Waals surface area contributed by atoms with Crippen LogP contribution in [0.15, 0.2) is 185 Å². The Morgan fingerprint density at radius 3 is 1.79 bits per heavy atom. The van der Waals surface area contributed by atoms with Crippen LogP contribution >= 0.6 is 27.7 Å². The first-order valence-electron chi connectivity index (χ1n) is 19.8. The molecule has 3 aromatic carbocycles. The number of carbonyl (C=O) groups excluding carboxylic acids is 2. The molecular weight excluding hydrogens is 961 g/mol. The van der Waals surface area contributed by atoms with Crippen molar-refractivity contribution >= 4 is 82.9 Å². The van der Waals surface area contributed by atoms with Gasteiger partial charge < -0.3 is 14.6 Å². The molecule has 0 spiro atoms. The van der Waals surface area contributed by atoms with Crippen molar-refractivity contribution in [3.05, 3.63) is 216 Å². The summed E-state index contributed by atoms with van der Waals surface area (Å²) >= 11 is 4.32. The van der Waals surface area contributed by atoms with E-state index in [0.717, 1.165) is 21.3 Å². The number of aromatic nitrogens is 8. The maximum Gasteiger partial charge on any atom is 0.422 e. The monoisotopic (exact) mass is 996 g/mol. The molecule has 0 saturated carbocycles. The first-order chi connectivity index (χ1) is 32.9. The topological polar surface area (TPSA) is 288 Å². The van der Waals surface area contributed by atoms with Crippen molar-refractivity contribution in [3.8, 4) is 11.3 Å². The minimum Gasteiger partial charge on any atom is -0.379 e. The van der Waals surface area contributed by atoms with Crippen molar-refractivity contribution in [3.63, 3.8) is 0 Å². The van der Waals surface area contributed by atoms with E-state index in [1.54, 1.807) is 110 Å². The lowest BCUT2D eigenvalue weighted by atomic mass is 10.1. The number of H-pyrrole nitrogens is 2. The number of halogens is 1. The van der Waals surface area contributed by atoms with Crippen LogP contribution in [0.5, 0.6) is 0 Å². The summed E-state index contributed by atoms with van der Waals surface area (Å²) in [6.07, 6.45) is 13.3. The van der Waals surface area contributed by atoms with Gasteiger partial charge in [0.15, 0.2) is 16.7 Å². The number of imidazole rings is 1. The third kappa shape index (κ3) is 12.6. The van der Waals surface area contributed by atoms with E-state index >= 15 is 0 Å². The number of ketones is 2. The molecule has 19 nitrogen and oxygen atoms in total. The standard InChI is InChI=1S/C15H10N4O.C15H10N2O4.C8H5NO3.C7H6BrNO.C2H6N2S/c20-14-11-3-1-2-4-13(11)19-9-12(17-15(19)18-14)10-5-7-16-8-6-10;18-13(10-5-7-16-8-6-10)9-17-12-4-2-1-3-11(12)14(19)21-15(17)20;10-7-5-3-1-2-4-6(5)9-8(11)12-7;8-5-7(10)6-1-3-9-4-2-6;1-5-2(3)4/h1-9H,(H,17,18,20);1-8H,9H2;1-4H,(H,9,11);1-4H,5H2;1H3,(H3,3,4). The average Bonchev–Trinajstić information content (AvgIpc) is 3.81. The maximum atomic E-state index is 12.2. The molecule has 0 unspecified atom stereocenters. The predicted molar refractivity (Wildman–Crippen MR) is 263 cm³/mol. The zero-order chi connectivity index (χ0) is 48.6. The summed E-state index contributed by atoms with van der Waals surface area (Å²) in [6, 6.07) is 31.0. The van der Waals surface area contributed by atoms with Gasteiger partial charge in [0.05, 0.1) is 50.3 Å². The van der Waals surface area contributed by atoms with Crippen LogP contribution in [0, 0.1) is 5.41 Å². The Kier molecular flexibility index (Phi) is 16.8. The Hall–Kier alpha value is -8.69. The van der Waals surface area contributed by atoms with E-state index in [9.17, 15) is 33.6 Å². The highest BCUT2D eigenvalue weighted by Crippen LogP contribution is 2.20. The molecule has 10 aromatic rings. The molecule has 5 N–H and O–H groups in total. The molecule has 0 amide bonds. The quantitative estimate of drug-likeness (QED) is 0.0657. The number of nitrogens with two attached hydrogens (primary N) is 1. The number of pyridine rings is 3. The second-order valence-electron chi connectivity index (χ2n) is 13.7. The number of aromatic amines is 2. The largest absolute Gasteiger partial charge is 0.422 e. The van der Waals surface area contributed by atoms with Crippen LogP contribution < -0.4 is 34.1 Å². The van der Waals surface area contributed by atoms with Gasteiger partial charge in [0, 0.05) is 60.1 Å². The molecule has 68 heavy (non-hydrogen) atoms. The minimum absolute atomic E-state index is 0.0856. The Morgan fingerprint density at radius 2 is 1.19 bits per heavy atom. The van der Waals surface area contributed by atoms with Gasteiger partial charge in [0.2, 0.25) is 5.78 Å². The van der Waals surface area contributed by atoms with Crippen molar-refractivity contribution in [2.24, 2.45) is 5.73 Å². The molecule has 7 aromatic heterocycles. The van der Waals surface area contributed by atoms with Crippen molar-refractivity contribution in [2.45, 2.75) is 6.54 Å². The average molecular weight is 998 g/mol. The van der Waals surface area contributed by atoms with Crippen LogP contribution in [0.1, 0.15) is 20.7 Å². The number of nitrogens with one attached hydrogen (secondary N) is 3. The van der Waals surface area contributed by atoms with Gasteiger partial charge in [-0.3, -0.25) is 53.7 Å². The number of para-hydroxylation sites is 3. The molecule has 10 rings (SSSR count). The molecule has 0 saturated heterocycles. The van der Waals surface area contributed by atoms with Gasteiger partial charge in [-0.15, -0.1) is 0 Å². The zero-order valence-electron chi connectivity index (χ0n) is 35.6. The van der Waals surface area contributed by atoms with E-state index in [1.165, 1.54) is 24.2 Å². The molecule has 0 bridgehead atoms. The molecule has 0 fully saturated rings. The number of hydrogen-bond acceptors (Lipinski definition) is 15. The SMILES string of the molecule is CSC(=N)N.O=C(CBr)c1ccncc1.O=C(Cn1c(=O)oc(=O)c2ccccc21)c1ccncc1.O=c1[nH]c2ccccc2c(=O)o1.O=c1[nH]c2nc(-c3ccncc3)cn2c2ccccc12. The van der Waals surface area contributed by atoms with Crippen LogP contribution in [-0.4, -0.2) is 67.2 Å². The van der Waals surface area contributed by atoms with E-state index < -0.39 is 22.8 Å². The summed E-state index contributed by atoms with van der Waals surface area (Å²) in [5.74, 6) is -1.21. The van der Waals surface area contributed by atoms with Crippen LogP contribution in [0.25, 0.3) is 49.7 Å². The highest BCUT2D eigenvalue weighted by atomic mass is 79.9. The summed E-state index contributed by atoms with van der Waals surface area (Å²) in [5, 5.41) is 8.33. The molecule has 0 aliphatic carbocycles. The molecular formula is C47H37BrN10O9S. The summed E-state index contributed by atoms with van der Waals surface area (Å²) in [5.41, 5.74) is 8.04.